The van der Waals surface area contributed by atoms with Crippen molar-refractivity contribution in [3.63, 3.8) is 0 Å². The number of aryl methyl sites for hydroxylation is 1. The molecule has 0 aromatic carbocycles. The van der Waals surface area contributed by atoms with Gasteiger partial charge in [0.1, 0.15) is 6.10 Å². The van der Waals surface area contributed by atoms with Crippen LogP contribution in [0.4, 0.5) is 0 Å². The van der Waals surface area contributed by atoms with Crippen LogP contribution in [0, 0.1) is 0 Å². The summed E-state index contributed by atoms with van der Waals surface area (Å²) in [4.78, 5) is 3.78. The molecule has 0 aliphatic rings. The largest absolute Gasteiger partial charge is 0.386 e. The maximum Gasteiger partial charge on any atom is 0.101 e. The first-order valence-electron chi connectivity index (χ1n) is 5.79. The molecule has 92 valence electrons. The lowest BCUT2D eigenvalue weighted by atomic mass is 10.3. The lowest BCUT2D eigenvalue weighted by molar-refractivity contribution is 0.178. The van der Waals surface area contributed by atoms with Crippen LogP contribution in [0.15, 0.2) is 29.6 Å². The van der Waals surface area contributed by atoms with E-state index < -0.39 is 0 Å². The molecule has 0 radical (unpaired) electrons. The Morgan fingerprint density at radius 2 is 2.12 bits per heavy atom. The predicted molar refractivity (Wildman–Crippen MR) is 74.7 cm³/mol. The van der Waals surface area contributed by atoms with Crippen molar-refractivity contribution in [1.82, 2.24) is 5.32 Å². The van der Waals surface area contributed by atoms with E-state index in [-0.39, 0.29) is 6.10 Å². The number of hydrogen-bond donors (Lipinski definition) is 2. The Balaban J connectivity index is 1.76. The van der Waals surface area contributed by atoms with E-state index in [1.807, 2.05) is 28.8 Å². The van der Waals surface area contributed by atoms with E-state index in [1.165, 1.54) is 9.75 Å². The van der Waals surface area contributed by atoms with Gasteiger partial charge in [-0.3, -0.25) is 0 Å². The van der Waals surface area contributed by atoms with Gasteiger partial charge in [0.05, 0.1) is 0 Å². The van der Waals surface area contributed by atoms with Crippen molar-refractivity contribution in [1.29, 1.82) is 0 Å². The first kappa shape index (κ1) is 12.8. The van der Waals surface area contributed by atoms with Crippen molar-refractivity contribution in [3.05, 3.63) is 44.3 Å². The van der Waals surface area contributed by atoms with Gasteiger partial charge in [0, 0.05) is 27.7 Å². The number of rotatable bonds is 6. The molecule has 0 saturated carbocycles. The Bertz CT molecular complexity index is 436. The second-order valence-electron chi connectivity index (χ2n) is 3.88. The summed E-state index contributed by atoms with van der Waals surface area (Å²) in [5.41, 5.74) is 0. The molecule has 1 unspecified atom stereocenters. The summed E-state index contributed by atoms with van der Waals surface area (Å²) in [6.07, 6.45) is 0.711. The highest BCUT2D eigenvalue weighted by Gasteiger charge is 2.07. The number of thiophene rings is 2. The van der Waals surface area contributed by atoms with Crippen LogP contribution >= 0.6 is 22.7 Å². The standard InChI is InChI=1S/C13H17NOS2/c1-2-10-5-6-11(17-10)8-14-9-12(15)13-4-3-7-16-13/h3-7,12,14-15H,2,8-9H2,1H3. The molecular weight excluding hydrogens is 250 g/mol. The van der Waals surface area contributed by atoms with E-state index in [2.05, 4.69) is 24.4 Å². The lowest BCUT2D eigenvalue weighted by Gasteiger charge is -2.09. The van der Waals surface area contributed by atoms with Crippen LogP contribution < -0.4 is 5.32 Å². The van der Waals surface area contributed by atoms with Gasteiger partial charge in [0.25, 0.3) is 0 Å². The molecule has 0 bridgehead atoms. The van der Waals surface area contributed by atoms with E-state index in [9.17, 15) is 5.11 Å². The van der Waals surface area contributed by atoms with E-state index in [0.717, 1.165) is 17.8 Å². The molecule has 2 aromatic heterocycles. The molecule has 0 spiro atoms. The van der Waals surface area contributed by atoms with Gasteiger partial charge in [0.15, 0.2) is 0 Å². The minimum Gasteiger partial charge on any atom is -0.386 e. The molecule has 17 heavy (non-hydrogen) atoms. The van der Waals surface area contributed by atoms with Gasteiger partial charge in [0.2, 0.25) is 0 Å². The molecule has 2 rings (SSSR count). The molecule has 0 aliphatic carbocycles. The van der Waals surface area contributed by atoms with Crippen LogP contribution in [-0.4, -0.2) is 11.7 Å². The maximum absolute atomic E-state index is 9.89. The Kier molecular flexibility index (Phi) is 4.74. The summed E-state index contributed by atoms with van der Waals surface area (Å²) in [7, 11) is 0. The third kappa shape index (κ3) is 3.64. The van der Waals surface area contributed by atoms with Crippen molar-refractivity contribution in [2.24, 2.45) is 0 Å². The Morgan fingerprint density at radius 3 is 2.76 bits per heavy atom. The Morgan fingerprint density at radius 1 is 1.29 bits per heavy atom. The van der Waals surface area contributed by atoms with Crippen molar-refractivity contribution >= 4 is 22.7 Å². The normalized spacial score (nSPS) is 12.8. The molecule has 2 aromatic rings. The highest BCUT2D eigenvalue weighted by molar-refractivity contribution is 7.12. The molecule has 0 fully saturated rings. The monoisotopic (exact) mass is 267 g/mol. The van der Waals surface area contributed by atoms with Gasteiger partial charge < -0.3 is 10.4 Å². The summed E-state index contributed by atoms with van der Waals surface area (Å²) in [5, 5.41) is 15.2. The molecule has 0 saturated heterocycles. The quantitative estimate of drug-likeness (QED) is 0.842. The molecule has 1 atom stereocenters. The average Bonchev–Trinajstić information content (AvgIpc) is 3.00. The fraction of sp³-hybridized carbons (Fsp3) is 0.385. The fourth-order valence-corrected chi connectivity index (χ4v) is 3.26. The second-order valence-corrected chi connectivity index (χ2v) is 6.12. The zero-order valence-corrected chi connectivity index (χ0v) is 11.5. The van der Waals surface area contributed by atoms with Crippen LogP contribution in [0.1, 0.15) is 27.7 Å². The maximum atomic E-state index is 9.89. The minimum atomic E-state index is -0.388. The Labute approximate surface area is 110 Å². The fourth-order valence-electron chi connectivity index (χ4n) is 1.62. The first-order valence-corrected chi connectivity index (χ1v) is 7.49. The van der Waals surface area contributed by atoms with Gasteiger partial charge in [-0.25, -0.2) is 0 Å². The van der Waals surface area contributed by atoms with E-state index in [4.69, 9.17) is 0 Å². The van der Waals surface area contributed by atoms with Crippen LogP contribution in [0.2, 0.25) is 0 Å². The van der Waals surface area contributed by atoms with Gasteiger partial charge >= 0.3 is 0 Å². The second kappa shape index (κ2) is 6.31. The summed E-state index contributed by atoms with van der Waals surface area (Å²) >= 11 is 3.44. The highest BCUT2D eigenvalue weighted by Crippen LogP contribution is 2.19. The van der Waals surface area contributed by atoms with Gasteiger partial charge in [-0.2, -0.15) is 0 Å². The van der Waals surface area contributed by atoms with E-state index >= 15 is 0 Å². The number of hydrogen-bond acceptors (Lipinski definition) is 4. The number of nitrogens with one attached hydrogen (secondary N) is 1. The van der Waals surface area contributed by atoms with Gasteiger partial charge in [-0.15, -0.1) is 22.7 Å². The summed E-state index contributed by atoms with van der Waals surface area (Å²) in [6, 6.07) is 8.28. The summed E-state index contributed by atoms with van der Waals surface area (Å²) in [5.74, 6) is 0. The molecule has 0 amide bonds. The predicted octanol–water partition coefficient (Wildman–Crippen LogP) is 3.20. The van der Waals surface area contributed by atoms with Crippen LogP contribution in [0.25, 0.3) is 0 Å². The van der Waals surface area contributed by atoms with Crippen molar-refractivity contribution < 1.29 is 5.11 Å². The average molecular weight is 267 g/mol. The van der Waals surface area contributed by atoms with Crippen LogP contribution in [0.5, 0.6) is 0 Å². The number of aliphatic hydroxyl groups is 1. The smallest absolute Gasteiger partial charge is 0.101 e. The van der Waals surface area contributed by atoms with E-state index in [0.29, 0.717) is 6.54 Å². The molecule has 2 N–H and O–H groups in total. The third-order valence-electron chi connectivity index (χ3n) is 2.57. The molecular formula is C13H17NOS2. The van der Waals surface area contributed by atoms with Crippen molar-refractivity contribution in [2.45, 2.75) is 26.0 Å². The van der Waals surface area contributed by atoms with Crippen molar-refractivity contribution in [2.75, 3.05) is 6.54 Å². The van der Waals surface area contributed by atoms with Crippen molar-refractivity contribution in [3.8, 4) is 0 Å². The SMILES string of the molecule is CCc1ccc(CNCC(O)c2cccs2)s1. The molecule has 0 aliphatic heterocycles. The van der Waals surface area contributed by atoms with E-state index in [1.54, 1.807) is 11.3 Å². The molecule has 2 nitrogen and oxygen atoms in total. The zero-order chi connectivity index (χ0) is 12.1. The Hall–Kier alpha value is -0.680. The lowest BCUT2D eigenvalue weighted by Crippen LogP contribution is -2.19. The van der Waals surface area contributed by atoms with Crippen LogP contribution in [-0.2, 0) is 13.0 Å². The zero-order valence-electron chi connectivity index (χ0n) is 9.85. The first-order chi connectivity index (χ1) is 8.29. The van der Waals surface area contributed by atoms with Gasteiger partial charge in [-0.05, 0) is 30.0 Å². The minimum absolute atomic E-state index is 0.388. The highest BCUT2D eigenvalue weighted by atomic mass is 32.1. The number of aliphatic hydroxyl groups excluding tert-OH is 1. The summed E-state index contributed by atoms with van der Waals surface area (Å²) in [6.45, 7) is 3.62. The van der Waals surface area contributed by atoms with Gasteiger partial charge in [-0.1, -0.05) is 13.0 Å². The molecule has 2 heterocycles. The summed E-state index contributed by atoms with van der Waals surface area (Å²) < 4.78 is 0. The van der Waals surface area contributed by atoms with Crippen LogP contribution in [0.3, 0.4) is 0 Å². The molecule has 4 heteroatoms. The third-order valence-corrected chi connectivity index (χ3v) is 4.78. The topological polar surface area (TPSA) is 32.3 Å².